The summed E-state index contributed by atoms with van der Waals surface area (Å²) in [6, 6.07) is 9.77. The van der Waals surface area contributed by atoms with E-state index in [4.69, 9.17) is 0 Å². The van der Waals surface area contributed by atoms with Gasteiger partial charge in [0, 0.05) is 13.6 Å². The lowest BCUT2D eigenvalue weighted by Crippen LogP contribution is -2.36. The number of hydrogen-bond donors (Lipinski definition) is 1. The van der Waals surface area contributed by atoms with Gasteiger partial charge in [-0.15, -0.1) is 0 Å². The van der Waals surface area contributed by atoms with Gasteiger partial charge in [-0.05, 0) is 24.3 Å². The van der Waals surface area contributed by atoms with E-state index in [-0.39, 0.29) is 11.8 Å². The second kappa shape index (κ2) is 6.74. The zero-order valence-corrected chi connectivity index (χ0v) is 12.7. The monoisotopic (exact) mass is 289 g/mol. The Bertz CT molecular complexity index is 500. The molecule has 1 aliphatic rings. The number of amides is 1. The fourth-order valence-corrected chi connectivity index (χ4v) is 3.24. The van der Waals surface area contributed by atoms with Crippen LogP contribution in [0.5, 0.6) is 0 Å². The summed E-state index contributed by atoms with van der Waals surface area (Å²) in [4.78, 5) is 25.6. The van der Waals surface area contributed by atoms with Crippen molar-refractivity contribution in [3.8, 4) is 0 Å². The lowest BCUT2D eigenvalue weighted by Gasteiger charge is -2.23. The molecule has 0 bridgehead atoms. The van der Waals surface area contributed by atoms with E-state index >= 15 is 0 Å². The molecular formula is C17H23NO3. The van der Waals surface area contributed by atoms with Gasteiger partial charge in [-0.1, -0.05) is 43.7 Å². The maximum atomic E-state index is 12.6. The Hall–Kier alpha value is -1.84. The van der Waals surface area contributed by atoms with Crippen LogP contribution in [-0.4, -0.2) is 28.9 Å². The summed E-state index contributed by atoms with van der Waals surface area (Å²) < 4.78 is 0. The van der Waals surface area contributed by atoms with Crippen LogP contribution in [0.25, 0.3) is 0 Å². The molecule has 1 N–H and O–H groups in total. The van der Waals surface area contributed by atoms with E-state index in [0.29, 0.717) is 25.3 Å². The number of aliphatic carboxylic acids is 1. The Balaban J connectivity index is 2.05. The minimum atomic E-state index is -0.836. The fourth-order valence-electron chi connectivity index (χ4n) is 3.24. The van der Waals surface area contributed by atoms with Crippen molar-refractivity contribution in [3.05, 3.63) is 35.9 Å². The molecule has 1 aliphatic carbocycles. The van der Waals surface area contributed by atoms with Crippen molar-refractivity contribution in [2.75, 3.05) is 7.05 Å². The van der Waals surface area contributed by atoms with E-state index in [2.05, 4.69) is 6.92 Å². The molecule has 0 heterocycles. The Labute approximate surface area is 125 Å². The van der Waals surface area contributed by atoms with Gasteiger partial charge in [0.05, 0.1) is 11.8 Å². The highest BCUT2D eigenvalue weighted by Crippen LogP contribution is 2.39. The summed E-state index contributed by atoms with van der Waals surface area (Å²) >= 11 is 0. The van der Waals surface area contributed by atoms with E-state index < -0.39 is 11.9 Å². The van der Waals surface area contributed by atoms with Gasteiger partial charge in [0.15, 0.2) is 0 Å². The molecule has 0 spiro atoms. The van der Waals surface area contributed by atoms with Crippen molar-refractivity contribution >= 4 is 11.9 Å². The van der Waals surface area contributed by atoms with Gasteiger partial charge >= 0.3 is 5.97 Å². The van der Waals surface area contributed by atoms with Gasteiger partial charge in [-0.2, -0.15) is 0 Å². The number of benzene rings is 1. The summed E-state index contributed by atoms with van der Waals surface area (Å²) in [5.74, 6) is -1.42. The van der Waals surface area contributed by atoms with Crippen LogP contribution in [0, 0.1) is 17.8 Å². The van der Waals surface area contributed by atoms with E-state index in [1.807, 2.05) is 30.3 Å². The van der Waals surface area contributed by atoms with Gasteiger partial charge in [-0.25, -0.2) is 0 Å². The molecule has 2 rings (SSSR count). The average molecular weight is 289 g/mol. The first-order valence-electron chi connectivity index (χ1n) is 7.54. The van der Waals surface area contributed by atoms with Crippen molar-refractivity contribution in [3.63, 3.8) is 0 Å². The van der Waals surface area contributed by atoms with Gasteiger partial charge in [0.25, 0.3) is 0 Å². The van der Waals surface area contributed by atoms with Crippen molar-refractivity contribution in [1.82, 2.24) is 4.90 Å². The quantitative estimate of drug-likeness (QED) is 0.906. The topological polar surface area (TPSA) is 57.6 Å². The average Bonchev–Trinajstić information content (AvgIpc) is 2.92. The molecule has 0 saturated heterocycles. The number of rotatable bonds is 5. The van der Waals surface area contributed by atoms with Gasteiger partial charge in [-0.3, -0.25) is 9.59 Å². The smallest absolute Gasteiger partial charge is 0.307 e. The predicted molar refractivity (Wildman–Crippen MR) is 80.5 cm³/mol. The van der Waals surface area contributed by atoms with Gasteiger partial charge < -0.3 is 10.0 Å². The second-order valence-corrected chi connectivity index (χ2v) is 5.98. The SMILES string of the molecule is CCC1C[C@H](C(=O)N(C)Cc2ccccc2)[C@H](C(=O)O)C1. The number of carboxylic acid groups (broad SMARTS) is 1. The Morgan fingerprint density at radius 1 is 1.19 bits per heavy atom. The van der Waals surface area contributed by atoms with Crippen molar-refractivity contribution in [2.45, 2.75) is 32.7 Å². The molecule has 4 heteroatoms. The standard InChI is InChI=1S/C17H23NO3/c1-3-12-9-14(15(10-12)17(20)21)16(19)18(2)11-13-7-5-4-6-8-13/h4-8,12,14-15H,3,9-11H2,1-2H3,(H,20,21)/t12?,14-,15+/m0/s1. The fraction of sp³-hybridized carbons (Fsp3) is 0.529. The van der Waals surface area contributed by atoms with E-state index in [0.717, 1.165) is 12.0 Å². The summed E-state index contributed by atoms with van der Waals surface area (Å²) in [6.07, 6.45) is 2.27. The summed E-state index contributed by atoms with van der Waals surface area (Å²) in [7, 11) is 1.76. The molecule has 114 valence electrons. The molecular weight excluding hydrogens is 266 g/mol. The van der Waals surface area contributed by atoms with Gasteiger partial charge in [0.2, 0.25) is 5.91 Å². The summed E-state index contributed by atoms with van der Waals surface area (Å²) in [5.41, 5.74) is 1.06. The molecule has 1 fully saturated rings. The summed E-state index contributed by atoms with van der Waals surface area (Å²) in [6.45, 7) is 2.59. The maximum absolute atomic E-state index is 12.6. The first-order chi connectivity index (χ1) is 10.0. The Morgan fingerprint density at radius 3 is 2.38 bits per heavy atom. The lowest BCUT2D eigenvalue weighted by atomic mass is 9.94. The molecule has 0 aliphatic heterocycles. The number of carbonyl (C=O) groups is 2. The molecule has 1 amide bonds. The third-order valence-corrected chi connectivity index (χ3v) is 4.51. The van der Waals surface area contributed by atoms with Crippen LogP contribution < -0.4 is 0 Å². The van der Waals surface area contributed by atoms with Crippen LogP contribution in [0.1, 0.15) is 31.7 Å². The third kappa shape index (κ3) is 3.63. The largest absolute Gasteiger partial charge is 0.481 e. The zero-order chi connectivity index (χ0) is 15.4. The number of hydrogen-bond acceptors (Lipinski definition) is 2. The molecule has 1 aromatic rings. The van der Waals surface area contributed by atoms with Crippen molar-refractivity contribution in [1.29, 1.82) is 0 Å². The van der Waals surface area contributed by atoms with E-state index in [1.54, 1.807) is 11.9 Å². The second-order valence-electron chi connectivity index (χ2n) is 5.98. The van der Waals surface area contributed by atoms with Crippen LogP contribution in [0.2, 0.25) is 0 Å². The molecule has 1 saturated carbocycles. The van der Waals surface area contributed by atoms with Crippen LogP contribution in [-0.2, 0) is 16.1 Å². The normalized spacial score (nSPS) is 24.8. The van der Waals surface area contributed by atoms with Crippen LogP contribution in [0.4, 0.5) is 0 Å². The highest BCUT2D eigenvalue weighted by molar-refractivity contribution is 5.85. The summed E-state index contributed by atoms with van der Waals surface area (Å²) in [5, 5.41) is 9.35. The minimum absolute atomic E-state index is 0.0396. The van der Waals surface area contributed by atoms with E-state index in [9.17, 15) is 14.7 Å². The maximum Gasteiger partial charge on any atom is 0.307 e. The Kier molecular flexibility index (Phi) is 4.99. The third-order valence-electron chi connectivity index (χ3n) is 4.51. The van der Waals surface area contributed by atoms with Crippen molar-refractivity contribution < 1.29 is 14.7 Å². The first-order valence-corrected chi connectivity index (χ1v) is 7.54. The van der Waals surface area contributed by atoms with Crippen molar-refractivity contribution in [2.24, 2.45) is 17.8 Å². The molecule has 21 heavy (non-hydrogen) atoms. The highest BCUT2D eigenvalue weighted by atomic mass is 16.4. The molecule has 0 aromatic heterocycles. The lowest BCUT2D eigenvalue weighted by molar-refractivity contribution is -0.148. The van der Waals surface area contributed by atoms with Crippen LogP contribution in [0.3, 0.4) is 0 Å². The van der Waals surface area contributed by atoms with Gasteiger partial charge in [0.1, 0.15) is 0 Å². The zero-order valence-electron chi connectivity index (χ0n) is 12.7. The van der Waals surface area contributed by atoms with Crippen LogP contribution >= 0.6 is 0 Å². The minimum Gasteiger partial charge on any atom is -0.481 e. The van der Waals surface area contributed by atoms with Crippen LogP contribution in [0.15, 0.2) is 30.3 Å². The molecule has 4 nitrogen and oxygen atoms in total. The highest BCUT2D eigenvalue weighted by Gasteiger charge is 2.43. The molecule has 1 aromatic carbocycles. The number of carbonyl (C=O) groups excluding carboxylic acids is 1. The number of carboxylic acids is 1. The number of nitrogens with zero attached hydrogens (tertiary/aromatic N) is 1. The van der Waals surface area contributed by atoms with E-state index in [1.165, 1.54) is 0 Å². The molecule has 0 radical (unpaired) electrons. The Morgan fingerprint density at radius 2 is 1.81 bits per heavy atom. The molecule has 1 unspecified atom stereocenters. The predicted octanol–water partition coefficient (Wildman–Crippen LogP) is 2.78. The molecule has 3 atom stereocenters. The first kappa shape index (κ1) is 15.5.